The average Bonchev–Trinajstić information content (AvgIpc) is 2.70. The third-order valence-corrected chi connectivity index (χ3v) is 2.25. The van der Waals surface area contributed by atoms with Crippen molar-refractivity contribution in [2.75, 3.05) is 7.11 Å². The summed E-state index contributed by atoms with van der Waals surface area (Å²) in [5.41, 5.74) is 2.12. The molecule has 3 heteroatoms. The van der Waals surface area contributed by atoms with Crippen LogP contribution in [0.3, 0.4) is 0 Å². The third-order valence-electron chi connectivity index (χ3n) is 2.25. The number of carbonyl (C=O) groups is 1. The monoisotopic (exact) mass is 199 g/mol. The topological polar surface area (TPSA) is 42.1 Å². The molecule has 0 aliphatic carbocycles. The van der Waals surface area contributed by atoms with Crippen molar-refractivity contribution in [2.24, 2.45) is 0 Å². The summed E-state index contributed by atoms with van der Waals surface area (Å²) in [4.78, 5) is 14.4. The predicted molar refractivity (Wildman–Crippen MR) is 57.6 cm³/mol. The molecule has 0 aliphatic heterocycles. The van der Waals surface area contributed by atoms with Crippen molar-refractivity contribution in [1.82, 2.24) is 4.98 Å². The van der Waals surface area contributed by atoms with Gasteiger partial charge in [-0.15, -0.1) is 6.42 Å². The van der Waals surface area contributed by atoms with Gasteiger partial charge in [-0.25, -0.2) is 4.79 Å². The van der Waals surface area contributed by atoms with Gasteiger partial charge in [0, 0.05) is 22.7 Å². The van der Waals surface area contributed by atoms with Crippen LogP contribution in [-0.4, -0.2) is 18.1 Å². The number of rotatable bonds is 1. The number of nitrogens with one attached hydrogen (secondary N) is 1. The van der Waals surface area contributed by atoms with Crippen LogP contribution >= 0.6 is 0 Å². The Morgan fingerprint density at radius 1 is 1.53 bits per heavy atom. The van der Waals surface area contributed by atoms with Gasteiger partial charge in [0.2, 0.25) is 0 Å². The molecule has 0 radical (unpaired) electrons. The van der Waals surface area contributed by atoms with Crippen molar-refractivity contribution in [3.05, 3.63) is 35.5 Å². The van der Waals surface area contributed by atoms with Crippen LogP contribution in [0.2, 0.25) is 0 Å². The number of fused-ring (bicyclic) bond motifs is 1. The summed E-state index contributed by atoms with van der Waals surface area (Å²) in [5.74, 6) is 2.16. The Kier molecular flexibility index (Phi) is 2.18. The maximum Gasteiger partial charge on any atom is 0.340 e. The molecule has 0 unspecified atom stereocenters. The molecular weight excluding hydrogens is 190 g/mol. The van der Waals surface area contributed by atoms with Gasteiger partial charge in [0.25, 0.3) is 0 Å². The van der Waals surface area contributed by atoms with Crippen LogP contribution < -0.4 is 0 Å². The summed E-state index contributed by atoms with van der Waals surface area (Å²) in [7, 11) is 1.35. The van der Waals surface area contributed by atoms with Gasteiger partial charge < -0.3 is 9.72 Å². The van der Waals surface area contributed by atoms with E-state index in [0.717, 1.165) is 16.5 Å². The van der Waals surface area contributed by atoms with Crippen molar-refractivity contribution < 1.29 is 9.53 Å². The van der Waals surface area contributed by atoms with E-state index in [4.69, 9.17) is 6.42 Å². The Morgan fingerprint density at radius 2 is 2.33 bits per heavy atom. The quantitative estimate of drug-likeness (QED) is 0.563. The van der Waals surface area contributed by atoms with Crippen LogP contribution in [-0.2, 0) is 4.74 Å². The van der Waals surface area contributed by atoms with Gasteiger partial charge in [-0.05, 0) is 18.2 Å². The van der Waals surface area contributed by atoms with E-state index in [0.29, 0.717) is 5.56 Å². The highest BCUT2D eigenvalue weighted by Crippen LogP contribution is 2.20. The van der Waals surface area contributed by atoms with Gasteiger partial charge in [0.05, 0.1) is 12.7 Å². The van der Waals surface area contributed by atoms with E-state index in [1.54, 1.807) is 12.3 Å². The zero-order chi connectivity index (χ0) is 10.8. The molecule has 1 aromatic heterocycles. The van der Waals surface area contributed by atoms with E-state index in [2.05, 4.69) is 15.6 Å². The molecule has 2 rings (SSSR count). The predicted octanol–water partition coefficient (Wildman–Crippen LogP) is 1.94. The molecule has 1 aromatic carbocycles. The van der Waals surface area contributed by atoms with Crippen molar-refractivity contribution in [3.8, 4) is 12.3 Å². The number of benzene rings is 1. The highest BCUT2D eigenvalue weighted by Gasteiger charge is 2.11. The number of aromatic nitrogens is 1. The second kappa shape index (κ2) is 3.50. The standard InChI is InChI=1S/C12H9NO2/c1-3-8-4-5-11-9(6-8)10(7-13-11)12(14)15-2/h1,4-7,13H,2H3. The molecule has 1 heterocycles. The largest absolute Gasteiger partial charge is 0.465 e. The minimum absolute atomic E-state index is 0.365. The Balaban J connectivity index is 2.67. The minimum atomic E-state index is -0.365. The number of hydrogen-bond acceptors (Lipinski definition) is 2. The lowest BCUT2D eigenvalue weighted by Crippen LogP contribution is -1.99. The van der Waals surface area contributed by atoms with Crippen LogP contribution in [0.5, 0.6) is 0 Å². The zero-order valence-electron chi connectivity index (χ0n) is 8.20. The molecule has 0 amide bonds. The first kappa shape index (κ1) is 9.35. The number of methoxy groups -OCH3 is 1. The van der Waals surface area contributed by atoms with Crippen molar-refractivity contribution in [3.63, 3.8) is 0 Å². The Labute approximate surface area is 87.1 Å². The third kappa shape index (κ3) is 1.46. The second-order valence-corrected chi connectivity index (χ2v) is 3.10. The molecule has 15 heavy (non-hydrogen) atoms. The number of H-pyrrole nitrogens is 1. The highest BCUT2D eigenvalue weighted by molar-refractivity contribution is 6.04. The maximum atomic E-state index is 11.4. The van der Waals surface area contributed by atoms with Crippen LogP contribution in [0.15, 0.2) is 24.4 Å². The maximum absolute atomic E-state index is 11.4. The fraction of sp³-hybridized carbons (Fsp3) is 0.0833. The summed E-state index contributed by atoms with van der Waals surface area (Å²) in [5, 5.41) is 0.789. The number of esters is 1. The van der Waals surface area contributed by atoms with E-state index in [1.807, 2.05) is 12.1 Å². The summed E-state index contributed by atoms with van der Waals surface area (Å²) in [6.45, 7) is 0. The SMILES string of the molecule is C#Cc1ccc2[nH]cc(C(=O)OC)c2c1. The lowest BCUT2D eigenvalue weighted by Gasteiger charge is -1.97. The molecule has 0 spiro atoms. The number of hydrogen-bond donors (Lipinski definition) is 1. The van der Waals surface area contributed by atoms with Crippen LogP contribution in [0.4, 0.5) is 0 Å². The lowest BCUT2D eigenvalue weighted by atomic mass is 10.1. The van der Waals surface area contributed by atoms with Crippen LogP contribution in [0.25, 0.3) is 10.9 Å². The molecule has 1 N–H and O–H groups in total. The summed E-state index contributed by atoms with van der Waals surface area (Å²) in [6.07, 6.45) is 6.91. The zero-order valence-corrected chi connectivity index (χ0v) is 8.20. The molecule has 3 nitrogen and oxygen atoms in total. The molecule has 0 saturated heterocycles. The first-order valence-electron chi connectivity index (χ1n) is 4.42. The Morgan fingerprint density at radius 3 is 3.00 bits per heavy atom. The van der Waals surface area contributed by atoms with E-state index < -0.39 is 0 Å². The smallest absolute Gasteiger partial charge is 0.340 e. The fourth-order valence-corrected chi connectivity index (χ4v) is 1.49. The van der Waals surface area contributed by atoms with Gasteiger partial charge in [-0.1, -0.05) is 5.92 Å². The number of ether oxygens (including phenoxy) is 1. The van der Waals surface area contributed by atoms with Gasteiger partial charge in [-0.3, -0.25) is 0 Å². The fourth-order valence-electron chi connectivity index (χ4n) is 1.49. The van der Waals surface area contributed by atoms with E-state index in [1.165, 1.54) is 7.11 Å². The second-order valence-electron chi connectivity index (χ2n) is 3.10. The molecule has 0 bridgehead atoms. The molecule has 0 fully saturated rings. The number of terminal acetylenes is 1. The van der Waals surface area contributed by atoms with E-state index in [-0.39, 0.29) is 5.97 Å². The summed E-state index contributed by atoms with van der Waals surface area (Å²) < 4.78 is 4.67. The van der Waals surface area contributed by atoms with Crippen LogP contribution in [0, 0.1) is 12.3 Å². The Bertz CT molecular complexity index is 560. The average molecular weight is 199 g/mol. The highest BCUT2D eigenvalue weighted by atomic mass is 16.5. The van der Waals surface area contributed by atoms with Crippen molar-refractivity contribution >= 4 is 16.9 Å². The van der Waals surface area contributed by atoms with Gasteiger partial charge in [0.1, 0.15) is 0 Å². The molecule has 74 valence electrons. The van der Waals surface area contributed by atoms with Gasteiger partial charge >= 0.3 is 5.97 Å². The first-order valence-corrected chi connectivity index (χ1v) is 4.42. The van der Waals surface area contributed by atoms with E-state index in [9.17, 15) is 4.79 Å². The van der Waals surface area contributed by atoms with Gasteiger partial charge in [-0.2, -0.15) is 0 Å². The summed E-state index contributed by atoms with van der Waals surface area (Å²) in [6, 6.07) is 5.45. The number of carbonyl (C=O) groups excluding carboxylic acids is 1. The minimum Gasteiger partial charge on any atom is -0.465 e. The first-order chi connectivity index (χ1) is 7.26. The Hall–Kier alpha value is -2.21. The normalized spacial score (nSPS) is 9.87. The molecule has 0 saturated carbocycles. The van der Waals surface area contributed by atoms with Crippen LogP contribution in [0.1, 0.15) is 15.9 Å². The number of aromatic amines is 1. The molecule has 0 atom stereocenters. The van der Waals surface area contributed by atoms with Crippen molar-refractivity contribution in [2.45, 2.75) is 0 Å². The van der Waals surface area contributed by atoms with Gasteiger partial charge in [0.15, 0.2) is 0 Å². The molecule has 0 aliphatic rings. The molecule has 2 aromatic rings. The lowest BCUT2D eigenvalue weighted by molar-refractivity contribution is 0.0603. The summed E-state index contributed by atoms with van der Waals surface area (Å²) >= 11 is 0. The van der Waals surface area contributed by atoms with E-state index >= 15 is 0 Å². The molecular formula is C12H9NO2. The van der Waals surface area contributed by atoms with Crippen molar-refractivity contribution in [1.29, 1.82) is 0 Å².